The van der Waals surface area contributed by atoms with Gasteiger partial charge in [0.2, 0.25) is 5.76 Å². The van der Waals surface area contributed by atoms with Crippen LogP contribution in [0.25, 0.3) is 11.0 Å². The van der Waals surface area contributed by atoms with Crippen molar-refractivity contribution in [2.24, 2.45) is 0 Å². The molecular formula is C23H15ClN2O3. The Bertz CT molecular complexity index is 1310. The van der Waals surface area contributed by atoms with Gasteiger partial charge in [-0.3, -0.25) is 14.5 Å². The summed E-state index contributed by atoms with van der Waals surface area (Å²) in [5, 5.41) is 1.01. The van der Waals surface area contributed by atoms with Gasteiger partial charge in [-0.05, 0) is 48.4 Å². The molecule has 0 N–H and O–H groups in total. The summed E-state index contributed by atoms with van der Waals surface area (Å²) in [6.07, 6.45) is 1.69. The minimum Gasteiger partial charge on any atom is -0.450 e. The van der Waals surface area contributed by atoms with E-state index in [0.717, 1.165) is 11.1 Å². The first-order chi connectivity index (χ1) is 14.0. The lowest BCUT2D eigenvalue weighted by molar-refractivity contribution is 0.0970. The largest absolute Gasteiger partial charge is 0.450 e. The highest BCUT2D eigenvalue weighted by Crippen LogP contribution is 2.40. The van der Waals surface area contributed by atoms with Gasteiger partial charge in [0, 0.05) is 11.2 Å². The number of hydrogen-bond donors (Lipinski definition) is 0. The molecule has 0 saturated carbocycles. The molecule has 5 nitrogen and oxygen atoms in total. The van der Waals surface area contributed by atoms with Crippen molar-refractivity contribution in [3.05, 3.63) is 105 Å². The summed E-state index contributed by atoms with van der Waals surface area (Å²) < 4.78 is 5.90. The van der Waals surface area contributed by atoms with E-state index in [1.54, 1.807) is 48.7 Å². The van der Waals surface area contributed by atoms with Crippen LogP contribution in [0.5, 0.6) is 0 Å². The van der Waals surface area contributed by atoms with Gasteiger partial charge in [0.05, 0.1) is 17.0 Å². The molecule has 2 aromatic carbocycles. The molecule has 1 atom stereocenters. The third kappa shape index (κ3) is 2.74. The molecule has 1 amide bonds. The standard InChI is InChI=1S/C23H15ClN2O3/c1-13-6-11-18(25-12-13)26-20(14-7-9-15(24)10-8-14)19-21(27)16-4-2-3-5-17(16)29-22(19)23(26)28/h2-12,20H,1H3. The number of nitrogens with zero attached hydrogens (tertiary/aromatic N) is 2. The first-order valence-corrected chi connectivity index (χ1v) is 9.50. The number of carbonyl (C=O) groups is 1. The number of hydrogen-bond acceptors (Lipinski definition) is 4. The fourth-order valence-corrected chi connectivity index (χ4v) is 3.84. The highest BCUT2D eigenvalue weighted by Gasteiger charge is 2.44. The number of fused-ring (bicyclic) bond motifs is 2. The molecule has 1 aliphatic heterocycles. The Balaban J connectivity index is 1.81. The molecule has 0 aliphatic carbocycles. The molecule has 0 spiro atoms. The first-order valence-electron chi connectivity index (χ1n) is 9.12. The average molecular weight is 403 g/mol. The topological polar surface area (TPSA) is 63.4 Å². The van der Waals surface area contributed by atoms with E-state index in [0.29, 0.717) is 27.4 Å². The molecule has 3 heterocycles. The second kappa shape index (κ2) is 6.57. The lowest BCUT2D eigenvalue weighted by Crippen LogP contribution is -2.30. The van der Waals surface area contributed by atoms with E-state index >= 15 is 0 Å². The molecule has 0 bridgehead atoms. The summed E-state index contributed by atoms with van der Waals surface area (Å²) in [6, 6.07) is 17.0. The predicted octanol–water partition coefficient (Wildman–Crippen LogP) is 4.90. The van der Waals surface area contributed by atoms with Crippen LogP contribution in [0.1, 0.15) is 33.3 Å². The van der Waals surface area contributed by atoms with Crippen LogP contribution in [0.2, 0.25) is 5.02 Å². The molecule has 0 saturated heterocycles. The average Bonchev–Trinajstić information content (AvgIpc) is 3.02. The summed E-state index contributed by atoms with van der Waals surface area (Å²) in [5.41, 5.74) is 2.22. The molecule has 29 heavy (non-hydrogen) atoms. The van der Waals surface area contributed by atoms with Gasteiger partial charge >= 0.3 is 0 Å². The smallest absolute Gasteiger partial charge is 0.296 e. The maximum Gasteiger partial charge on any atom is 0.296 e. The monoisotopic (exact) mass is 402 g/mol. The quantitative estimate of drug-likeness (QED) is 0.478. The van der Waals surface area contributed by atoms with Gasteiger partial charge in [-0.1, -0.05) is 41.9 Å². The Labute approximate surface area is 171 Å². The van der Waals surface area contributed by atoms with E-state index in [-0.39, 0.29) is 17.1 Å². The molecule has 4 aromatic rings. The molecule has 142 valence electrons. The third-order valence-corrected chi connectivity index (χ3v) is 5.36. The summed E-state index contributed by atoms with van der Waals surface area (Å²) >= 11 is 6.05. The predicted molar refractivity (Wildman–Crippen MR) is 112 cm³/mol. The summed E-state index contributed by atoms with van der Waals surface area (Å²) in [5.74, 6) is 0.116. The van der Waals surface area contributed by atoms with E-state index in [1.807, 2.05) is 25.1 Å². The van der Waals surface area contributed by atoms with E-state index in [4.69, 9.17) is 16.0 Å². The Kier molecular flexibility index (Phi) is 4.00. The second-order valence-corrected chi connectivity index (χ2v) is 7.43. The molecule has 1 unspecified atom stereocenters. The van der Waals surface area contributed by atoms with Gasteiger partial charge in [0.25, 0.3) is 5.91 Å². The number of amides is 1. The number of anilines is 1. The van der Waals surface area contributed by atoms with Gasteiger partial charge < -0.3 is 4.42 Å². The van der Waals surface area contributed by atoms with Crippen LogP contribution in [0.4, 0.5) is 5.82 Å². The highest BCUT2D eigenvalue weighted by atomic mass is 35.5. The highest BCUT2D eigenvalue weighted by molar-refractivity contribution is 6.30. The summed E-state index contributed by atoms with van der Waals surface area (Å²) in [6.45, 7) is 1.92. The van der Waals surface area contributed by atoms with Crippen LogP contribution in [0.3, 0.4) is 0 Å². The minimum absolute atomic E-state index is 0.0519. The first kappa shape index (κ1) is 17.6. The van der Waals surface area contributed by atoms with Gasteiger partial charge in [-0.25, -0.2) is 4.98 Å². The zero-order chi connectivity index (χ0) is 20.1. The number of benzene rings is 2. The maximum atomic E-state index is 13.4. The normalized spacial score (nSPS) is 15.7. The van der Waals surface area contributed by atoms with Crippen LogP contribution < -0.4 is 10.3 Å². The van der Waals surface area contributed by atoms with E-state index in [1.165, 1.54) is 4.90 Å². The number of halogens is 1. The fraction of sp³-hybridized carbons (Fsp3) is 0.0870. The van der Waals surface area contributed by atoms with Crippen molar-refractivity contribution >= 4 is 34.3 Å². The summed E-state index contributed by atoms with van der Waals surface area (Å²) in [4.78, 5) is 32.7. The number of aryl methyl sites for hydroxylation is 1. The van der Waals surface area contributed by atoms with Crippen molar-refractivity contribution in [2.75, 3.05) is 4.90 Å². The Morgan fingerprint density at radius 3 is 2.48 bits per heavy atom. The molecule has 6 heteroatoms. The third-order valence-electron chi connectivity index (χ3n) is 5.11. The van der Waals surface area contributed by atoms with E-state index in [2.05, 4.69) is 4.98 Å². The molecule has 0 radical (unpaired) electrons. The minimum atomic E-state index is -0.647. The Hall–Kier alpha value is -3.44. The number of rotatable bonds is 2. The molecule has 5 rings (SSSR count). The second-order valence-electron chi connectivity index (χ2n) is 6.99. The number of carbonyl (C=O) groups excluding carboxylic acids is 1. The zero-order valence-electron chi connectivity index (χ0n) is 15.4. The number of para-hydroxylation sites is 1. The molecule has 0 fully saturated rings. The zero-order valence-corrected chi connectivity index (χ0v) is 16.2. The van der Waals surface area contributed by atoms with Crippen LogP contribution in [0.15, 0.2) is 76.1 Å². The van der Waals surface area contributed by atoms with Gasteiger partial charge in [0.15, 0.2) is 5.43 Å². The van der Waals surface area contributed by atoms with Crippen molar-refractivity contribution in [1.29, 1.82) is 0 Å². The number of pyridine rings is 1. The Morgan fingerprint density at radius 2 is 1.76 bits per heavy atom. The van der Waals surface area contributed by atoms with Crippen LogP contribution >= 0.6 is 11.6 Å². The van der Waals surface area contributed by atoms with Crippen molar-refractivity contribution in [3.8, 4) is 0 Å². The maximum absolute atomic E-state index is 13.4. The lowest BCUT2D eigenvalue weighted by atomic mass is 9.98. The van der Waals surface area contributed by atoms with Gasteiger partial charge in [0.1, 0.15) is 11.4 Å². The van der Waals surface area contributed by atoms with Crippen LogP contribution in [-0.2, 0) is 0 Å². The van der Waals surface area contributed by atoms with E-state index < -0.39 is 6.04 Å². The van der Waals surface area contributed by atoms with Crippen molar-refractivity contribution in [1.82, 2.24) is 4.98 Å². The van der Waals surface area contributed by atoms with Crippen molar-refractivity contribution in [2.45, 2.75) is 13.0 Å². The molecule has 2 aromatic heterocycles. The van der Waals surface area contributed by atoms with Crippen molar-refractivity contribution < 1.29 is 9.21 Å². The summed E-state index contributed by atoms with van der Waals surface area (Å²) in [7, 11) is 0. The van der Waals surface area contributed by atoms with E-state index in [9.17, 15) is 9.59 Å². The SMILES string of the molecule is Cc1ccc(N2C(=O)c3oc4ccccc4c(=O)c3C2c2ccc(Cl)cc2)nc1. The Morgan fingerprint density at radius 1 is 1.00 bits per heavy atom. The molecule has 1 aliphatic rings. The number of aromatic nitrogens is 1. The van der Waals surface area contributed by atoms with Gasteiger partial charge in [-0.2, -0.15) is 0 Å². The van der Waals surface area contributed by atoms with Crippen LogP contribution in [0, 0.1) is 6.92 Å². The van der Waals surface area contributed by atoms with Crippen molar-refractivity contribution in [3.63, 3.8) is 0 Å². The van der Waals surface area contributed by atoms with Crippen LogP contribution in [-0.4, -0.2) is 10.9 Å². The lowest BCUT2D eigenvalue weighted by Gasteiger charge is -2.24. The fourth-order valence-electron chi connectivity index (χ4n) is 3.72. The molecular weight excluding hydrogens is 388 g/mol. The van der Waals surface area contributed by atoms with Gasteiger partial charge in [-0.15, -0.1) is 0 Å².